The van der Waals surface area contributed by atoms with E-state index in [-0.39, 0.29) is 28.6 Å². The Balaban J connectivity index is 1.52. The lowest BCUT2D eigenvalue weighted by molar-refractivity contribution is 0.0867. The second-order valence-corrected chi connectivity index (χ2v) is 10.2. The van der Waals surface area contributed by atoms with Crippen LogP contribution in [0.3, 0.4) is 0 Å². The van der Waals surface area contributed by atoms with Crippen molar-refractivity contribution in [2.45, 2.75) is 49.6 Å². The maximum absolute atomic E-state index is 13.0. The molecule has 0 atom stereocenters. The molecule has 0 bridgehead atoms. The zero-order valence-corrected chi connectivity index (χ0v) is 19.9. The minimum absolute atomic E-state index is 0.00572. The summed E-state index contributed by atoms with van der Waals surface area (Å²) in [7, 11) is -2.37. The van der Waals surface area contributed by atoms with Gasteiger partial charge in [0.25, 0.3) is 21.5 Å². The molecule has 3 N–H and O–H groups in total. The molecule has 3 aromatic rings. The fourth-order valence-electron chi connectivity index (χ4n) is 4.15. The fourth-order valence-corrected chi connectivity index (χ4v) is 5.27. The van der Waals surface area contributed by atoms with Crippen LogP contribution >= 0.6 is 0 Å². The first-order chi connectivity index (χ1) is 16.2. The molecular weight excluding hydrogens is 456 g/mol. The third kappa shape index (κ3) is 4.78. The second-order valence-electron chi connectivity index (χ2n) is 8.55. The Labute approximate surface area is 198 Å². The molecule has 1 amide bonds. The van der Waals surface area contributed by atoms with Crippen molar-refractivity contribution in [3.8, 4) is 5.69 Å². The van der Waals surface area contributed by atoms with Crippen LogP contribution in [0.1, 0.15) is 41.7 Å². The summed E-state index contributed by atoms with van der Waals surface area (Å²) in [5.41, 5.74) is 0.904. The van der Waals surface area contributed by atoms with E-state index in [2.05, 4.69) is 10.0 Å². The van der Waals surface area contributed by atoms with Crippen molar-refractivity contribution in [2.24, 2.45) is 7.05 Å². The molecule has 34 heavy (non-hydrogen) atoms. The Kier molecular flexibility index (Phi) is 6.63. The van der Waals surface area contributed by atoms with E-state index in [1.54, 1.807) is 42.9 Å². The Morgan fingerprint density at radius 1 is 1.00 bits per heavy atom. The van der Waals surface area contributed by atoms with Gasteiger partial charge in [0.05, 0.1) is 22.4 Å². The number of anilines is 1. The highest BCUT2D eigenvalue weighted by Gasteiger charge is 2.24. The average Bonchev–Trinajstić information content (AvgIpc) is 3.04. The monoisotopic (exact) mass is 484 g/mol. The van der Waals surface area contributed by atoms with Crippen molar-refractivity contribution in [3.05, 3.63) is 76.2 Å². The molecule has 1 aromatic heterocycles. The molecule has 180 valence electrons. The van der Waals surface area contributed by atoms with Gasteiger partial charge in [-0.25, -0.2) is 13.1 Å². The van der Waals surface area contributed by atoms with Crippen molar-refractivity contribution in [1.29, 1.82) is 0 Å². The fraction of sp³-hybridized carbons (Fsp3) is 0.333. The molecule has 0 spiro atoms. The van der Waals surface area contributed by atoms with Gasteiger partial charge in [0.15, 0.2) is 0 Å². The standard InChI is InChI=1S/C24H28N4O5S/c1-16-22(24(31)28(27(16)2)19-6-4-3-5-7-19)26-34(32,33)21-14-8-17(9-15-21)23(30)25-18-10-12-20(29)13-11-18/h3-9,14-15,18,20,26,29H,10-13H2,1-2H3,(H,25,30). The van der Waals surface area contributed by atoms with Crippen LogP contribution in [0.4, 0.5) is 5.69 Å². The third-order valence-corrected chi connectivity index (χ3v) is 7.61. The number of amides is 1. The summed E-state index contributed by atoms with van der Waals surface area (Å²) in [5.74, 6) is -0.289. The lowest BCUT2D eigenvalue weighted by Gasteiger charge is -2.26. The Morgan fingerprint density at radius 2 is 1.62 bits per heavy atom. The van der Waals surface area contributed by atoms with Crippen LogP contribution in [0.25, 0.3) is 5.69 Å². The Morgan fingerprint density at radius 3 is 2.24 bits per heavy atom. The normalized spacial score (nSPS) is 18.4. The highest BCUT2D eigenvalue weighted by atomic mass is 32.2. The molecule has 1 saturated carbocycles. The minimum atomic E-state index is -4.06. The van der Waals surface area contributed by atoms with Gasteiger partial charge in [-0.05, 0) is 69.0 Å². The van der Waals surface area contributed by atoms with Crippen LogP contribution in [0, 0.1) is 6.92 Å². The van der Waals surface area contributed by atoms with Crippen LogP contribution in [-0.4, -0.2) is 40.9 Å². The number of aliphatic hydroxyl groups excluding tert-OH is 1. The number of hydrogen-bond donors (Lipinski definition) is 3. The number of benzene rings is 2. The topological polar surface area (TPSA) is 122 Å². The van der Waals surface area contributed by atoms with Crippen molar-refractivity contribution < 1.29 is 18.3 Å². The molecule has 0 saturated heterocycles. The van der Waals surface area contributed by atoms with Crippen molar-refractivity contribution in [1.82, 2.24) is 14.7 Å². The first-order valence-corrected chi connectivity index (χ1v) is 12.6. The molecule has 4 rings (SSSR count). The minimum Gasteiger partial charge on any atom is -0.393 e. The van der Waals surface area contributed by atoms with Crippen molar-refractivity contribution in [3.63, 3.8) is 0 Å². The van der Waals surface area contributed by atoms with Gasteiger partial charge in [-0.2, -0.15) is 0 Å². The van der Waals surface area contributed by atoms with Crippen molar-refractivity contribution >= 4 is 21.6 Å². The van der Waals surface area contributed by atoms with E-state index < -0.39 is 15.6 Å². The SMILES string of the molecule is Cc1c(NS(=O)(=O)c2ccc(C(=O)NC3CCC(O)CC3)cc2)c(=O)n(-c2ccccc2)n1C. The quantitative estimate of drug-likeness (QED) is 0.496. The molecule has 9 nitrogen and oxygen atoms in total. The molecule has 1 heterocycles. The first-order valence-electron chi connectivity index (χ1n) is 11.1. The van der Waals surface area contributed by atoms with Crippen LogP contribution < -0.4 is 15.6 Å². The molecule has 0 radical (unpaired) electrons. The maximum atomic E-state index is 13.0. The zero-order valence-electron chi connectivity index (χ0n) is 19.1. The van der Waals surface area contributed by atoms with Gasteiger partial charge in [-0.15, -0.1) is 0 Å². The van der Waals surface area contributed by atoms with Crippen LogP contribution in [0.2, 0.25) is 0 Å². The lowest BCUT2D eigenvalue weighted by Crippen LogP contribution is -2.38. The summed E-state index contributed by atoms with van der Waals surface area (Å²) < 4.78 is 31.4. The molecule has 1 aliphatic rings. The van der Waals surface area contributed by atoms with Crippen LogP contribution in [0.5, 0.6) is 0 Å². The zero-order chi connectivity index (χ0) is 24.5. The Bertz CT molecular complexity index is 1340. The van der Waals surface area contributed by atoms with E-state index >= 15 is 0 Å². The molecule has 2 aromatic carbocycles. The first kappa shape index (κ1) is 23.8. The van der Waals surface area contributed by atoms with Gasteiger partial charge >= 0.3 is 0 Å². The Hall–Kier alpha value is -3.37. The van der Waals surface area contributed by atoms with Gasteiger partial charge in [-0.1, -0.05) is 18.2 Å². The predicted molar refractivity (Wildman–Crippen MR) is 129 cm³/mol. The number of sulfonamides is 1. The summed E-state index contributed by atoms with van der Waals surface area (Å²) >= 11 is 0. The second kappa shape index (κ2) is 9.47. The lowest BCUT2D eigenvalue weighted by atomic mass is 9.93. The summed E-state index contributed by atoms with van der Waals surface area (Å²) in [6.45, 7) is 1.66. The number of para-hydroxylation sites is 1. The summed E-state index contributed by atoms with van der Waals surface area (Å²) in [6, 6.07) is 14.5. The summed E-state index contributed by atoms with van der Waals surface area (Å²) in [6.07, 6.45) is 2.41. The number of nitrogens with zero attached hydrogens (tertiary/aromatic N) is 2. The number of rotatable bonds is 6. The highest BCUT2D eigenvalue weighted by Crippen LogP contribution is 2.21. The average molecular weight is 485 g/mol. The third-order valence-electron chi connectivity index (χ3n) is 6.25. The number of aliphatic hydroxyl groups is 1. The van der Waals surface area contributed by atoms with Crippen LogP contribution in [-0.2, 0) is 17.1 Å². The molecular formula is C24H28N4O5S. The van der Waals surface area contributed by atoms with Crippen molar-refractivity contribution in [2.75, 3.05) is 4.72 Å². The van der Waals surface area contributed by atoms with Gasteiger partial charge in [0.1, 0.15) is 5.69 Å². The highest BCUT2D eigenvalue weighted by molar-refractivity contribution is 7.92. The van der Waals surface area contributed by atoms with Gasteiger partial charge in [-0.3, -0.25) is 19.0 Å². The maximum Gasteiger partial charge on any atom is 0.296 e. The number of aromatic nitrogens is 2. The summed E-state index contributed by atoms with van der Waals surface area (Å²) in [5, 5.41) is 12.5. The molecule has 1 aliphatic carbocycles. The van der Waals surface area contributed by atoms with Crippen LogP contribution in [0.15, 0.2) is 64.3 Å². The predicted octanol–water partition coefficient (Wildman–Crippen LogP) is 2.32. The van der Waals surface area contributed by atoms with E-state index in [1.807, 2.05) is 6.07 Å². The van der Waals surface area contributed by atoms with Gasteiger partial charge < -0.3 is 10.4 Å². The largest absolute Gasteiger partial charge is 0.393 e. The van der Waals surface area contributed by atoms with E-state index in [1.165, 1.54) is 28.9 Å². The van der Waals surface area contributed by atoms with E-state index in [0.717, 1.165) is 0 Å². The van der Waals surface area contributed by atoms with E-state index in [4.69, 9.17) is 0 Å². The number of hydrogen-bond acceptors (Lipinski definition) is 5. The molecule has 1 fully saturated rings. The molecule has 0 aliphatic heterocycles. The van der Waals surface area contributed by atoms with Gasteiger partial charge in [0, 0.05) is 18.7 Å². The summed E-state index contributed by atoms with van der Waals surface area (Å²) in [4.78, 5) is 25.5. The van der Waals surface area contributed by atoms with E-state index in [9.17, 15) is 23.1 Å². The van der Waals surface area contributed by atoms with E-state index in [0.29, 0.717) is 42.6 Å². The smallest absolute Gasteiger partial charge is 0.296 e. The number of nitrogens with one attached hydrogen (secondary N) is 2. The number of carbonyl (C=O) groups excluding carboxylic acids is 1. The molecule has 10 heteroatoms. The number of carbonyl (C=O) groups is 1. The van der Waals surface area contributed by atoms with Gasteiger partial charge in [0.2, 0.25) is 0 Å². The molecule has 0 unspecified atom stereocenters.